The average Bonchev–Trinajstić information content (AvgIpc) is 2.69. The molecule has 0 radical (unpaired) electrons. The zero-order chi connectivity index (χ0) is 19.3. The van der Waals surface area contributed by atoms with Crippen LogP contribution in [0.1, 0.15) is 30.1 Å². The molecule has 0 saturated carbocycles. The quantitative estimate of drug-likeness (QED) is 0.790. The highest BCUT2D eigenvalue weighted by Crippen LogP contribution is 2.31. The second kappa shape index (κ2) is 8.48. The van der Waals surface area contributed by atoms with E-state index in [-0.39, 0.29) is 5.91 Å². The molecule has 27 heavy (non-hydrogen) atoms. The maximum absolute atomic E-state index is 12.8. The molecule has 2 N–H and O–H groups in total. The minimum Gasteiger partial charge on any atom is -0.493 e. The van der Waals surface area contributed by atoms with E-state index in [4.69, 9.17) is 4.74 Å². The summed E-state index contributed by atoms with van der Waals surface area (Å²) >= 11 is 1.71. The predicted octanol–water partition coefficient (Wildman–Crippen LogP) is 3.83. The minimum atomic E-state index is -1.18. The number of benzene rings is 2. The molecule has 0 unspecified atom stereocenters. The molecular formula is C21H23NO4S. The van der Waals surface area contributed by atoms with E-state index in [2.05, 4.69) is 5.32 Å². The Morgan fingerprint density at radius 3 is 2.59 bits per heavy atom. The molecule has 5 nitrogen and oxygen atoms in total. The largest absolute Gasteiger partial charge is 0.493 e. The van der Waals surface area contributed by atoms with Gasteiger partial charge in [0.2, 0.25) is 0 Å². The van der Waals surface area contributed by atoms with Crippen molar-refractivity contribution in [1.82, 2.24) is 5.32 Å². The van der Waals surface area contributed by atoms with Gasteiger partial charge < -0.3 is 15.2 Å². The topological polar surface area (TPSA) is 75.6 Å². The van der Waals surface area contributed by atoms with Crippen molar-refractivity contribution in [3.63, 3.8) is 0 Å². The van der Waals surface area contributed by atoms with Gasteiger partial charge in [0.25, 0.3) is 5.91 Å². The van der Waals surface area contributed by atoms with E-state index in [1.54, 1.807) is 30.0 Å². The minimum absolute atomic E-state index is 0.361. The Morgan fingerprint density at radius 2 is 1.89 bits per heavy atom. The van der Waals surface area contributed by atoms with Crippen LogP contribution in [-0.2, 0) is 4.79 Å². The first kappa shape index (κ1) is 19.3. The zero-order valence-corrected chi connectivity index (χ0v) is 16.1. The number of hydrogen-bond donors (Lipinski definition) is 2. The number of aliphatic carboxylic acids is 1. The Hall–Kier alpha value is -2.47. The second-order valence-corrected chi connectivity index (χ2v) is 7.69. The van der Waals surface area contributed by atoms with Crippen LogP contribution in [0.25, 0.3) is 11.1 Å². The first-order valence-electron chi connectivity index (χ1n) is 9.01. The van der Waals surface area contributed by atoms with E-state index < -0.39 is 11.5 Å². The number of rotatable bonds is 6. The van der Waals surface area contributed by atoms with Gasteiger partial charge in [-0.2, -0.15) is 11.8 Å². The summed E-state index contributed by atoms with van der Waals surface area (Å²) in [5, 5.41) is 12.5. The summed E-state index contributed by atoms with van der Waals surface area (Å²) in [6.45, 7) is 2.48. The fourth-order valence-electron chi connectivity index (χ4n) is 3.22. The lowest BCUT2D eigenvalue weighted by atomic mass is 9.91. The molecular weight excluding hydrogens is 362 g/mol. The van der Waals surface area contributed by atoms with Crippen LogP contribution < -0.4 is 10.1 Å². The van der Waals surface area contributed by atoms with Gasteiger partial charge in [-0.25, -0.2) is 4.79 Å². The predicted molar refractivity (Wildman–Crippen MR) is 107 cm³/mol. The lowest BCUT2D eigenvalue weighted by molar-refractivity contribution is -0.144. The van der Waals surface area contributed by atoms with Crippen molar-refractivity contribution in [2.24, 2.45) is 0 Å². The molecule has 0 aromatic heterocycles. The van der Waals surface area contributed by atoms with Gasteiger partial charge >= 0.3 is 5.97 Å². The monoisotopic (exact) mass is 385 g/mol. The highest BCUT2D eigenvalue weighted by Gasteiger charge is 2.41. The Bertz CT molecular complexity index is 830. The molecule has 1 heterocycles. The van der Waals surface area contributed by atoms with Gasteiger partial charge in [0.1, 0.15) is 11.3 Å². The SMILES string of the molecule is CCOc1ccccc1-c1cccc(C(=O)NC2(C(=O)O)CCSCC2)c1. The molecule has 142 valence electrons. The summed E-state index contributed by atoms with van der Waals surface area (Å²) in [5.41, 5.74) is 1.02. The molecule has 1 amide bonds. The van der Waals surface area contributed by atoms with Crippen LogP contribution in [0.4, 0.5) is 0 Å². The Labute approximate surface area is 163 Å². The number of ether oxygens (including phenoxy) is 1. The molecule has 0 bridgehead atoms. The molecule has 1 aliphatic heterocycles. The van der Waals surface area contributed by atoms with E-state index in [0.29, 0.717) is 25.0 Å². The fraction of sp³-hybridized carbons (Fsp3) is 0.333. The van der Waals surface area contributed by atoms with Crippen LogP contribution in [0.2, 0.25) is 0 Å². The molecule has 1 saturated heterocycles. The highest BCUT2D eigenvalue weighted by atomic mass is 32.2. The highest BCUT2D eigenvalue weighted by molar-refractivity contribution is 7.99. The van der Waals surface area contributed by atoms with Crippen molar-refractivity contribution in [3.8, 4) is 16.9 Å². The van der Waals surface area contributed by atoms with E-state index in [1.807, 2.05) is 37.3 Å². The molecule has 1 fully saturated rings. The van der Waals surface area contributed by atoms with E-state index in [0.717, 1.165) is 28.4 Å². The molecule has 0 atom stereocenters. The smallest absolute Gasteiger partial charge is 0.329 e. The molecule has 2 aromatic carbocycles. The number of carbonyl (C=O) groups excluding carboxylic acids is 1. The fourth-order valence-corrected chi connectivity index (χ4v) is 4.41. The van der Waals surface area contributed by atoms with Crippen LogP contribution in [0.15, 0.2) is 48.5 Å². The third kappa shape index (κ3) is 4.27. The summed E-state index contributed by atoms with van der Waals surface area (Å²) in [4.78, 5) is 24.6. The van der Waals surface area contributed by atoms with Gasteiger partial charge in [0, 0.05) is 11.1 Å². The molecule has 6 heteroatoms. The van der Waals surface area contributed by atoms with E-state index >= 15 is 0 Å². The van der Waals surface area contributed by atoms with Gasteiger partial charge in [-0.05, 0) is 55.0 Å². The van der Waals surface area contributed by atoms with Gasteiger partial charge in [-0.15, -0.1) is 0 Å². The van der Waals surface area contributed by atoms with Crippen molar-refractivity contribution in [1.29, 1.82) is 0 Å². The second-order valence-electron chi connectivity index (χ2n) is 6.46. The van der Waals surface area contributed by atoms with E-state index in [1.165, 1.54) is 0 Å². The number of carboxylic acids is 1. The first-order chi connectivity index (χ1) is 13.1. The summed E-state index contributed by atoms with van der Waals surface area (Å²) < 4.78 is 5.68. The number of carboxylic acid groups (broad SMARTS) is 1. The first-order valence-corrected chi connectivity index (χ1v) is 10.2. The summed E-state index contributed by atoms with van der Waals surface area (Å²) in [6.07, 6.45) is 0.872. The van der Waals surface area contributed by atoms with Crippen LogP contribution in [0.3, 0.4) is 0 Å². The third-order valence-corrected chi connectivity index (χ3v) is 5.72. The molecule has 0 aliphatic carbocycles. The van der Waals surface area contributed by atoms with Crippen molar-refractivity contribution < 1.29 is 19.4 Å². The van der Waals surface area contributed by atoms with Crippen LogP contribution in [-0.4, -0.2) is 40.6 Å². The zero-order valence-electron chi connectivity index (χ0n) is 15.2. The Balaban J connectivity index is 1.87. The summed E-state index contributed by atoms with van der Waals surface area (Å²) in [7, 11) is 0. The van der Waals surface area contributed by atoms with Gasteiger partial charge in [-0.1, -0.05) is 30.3 Å². The van der Waals surface area contributed by atoms with Gasteiger partial charge in [0.15, 0.2) is 0 Å². The molecule has 0 spiro atoms. The summed E-state index contributed by atoms with van der Waals surface area (Å²) in [6, 6.07) is 14.9. The molecule has 3 rings (SSSR count). The standard InChI is InChI=1S/C21H23NO4S/c1-2-26-18-9-4-3-8-17(18)15-6-5-7-16(14-15)19(23)22-21(20(24)25)10-12-27-13-11-21/h3-9,14H,2,10-13H2,1H3,(H,22,23)(H,24,25). The van der Waals surface area contributed by atoms with Crippen LogP contribution in [0, 0.1) is 0 Å². The number of amides is 1. The van der Waals surface area contributed by atoms with Gasteiger partial charge in [0.05, 0.1) is 6.61 Å². The molecule has 1 aliphatic rings. The van der Waals surface area contributed by atoms with Crippen molar-refractivity contribution >= 4 is 23.6 Å². The lowest BCUT2D eigenvalue weighted by Gasteiger charge is -2.33. The number of para-hydroxylation sites is 1. The Morgan fingerprint density at radius 1 is 1.15 bits per heavy atom. The van der Waals surface area contributed by atoms with Crippen molar-refractivity contribution in [2.75, 3.05) is 18.1 Å². The van der Waals surface area contributed by atoms with Crippen molar-refractivity contribution in [2.45, 2.75) is 25.3 Å². The number of nitrogens with one attached hydrogen (secondary N) is 1. The van der Waals surface area contributed by atoms with Gasteiger partial charge in [-0.3, -0.25) is 4.79 Å². The van der Waals surface area contributed by atoms with Crippen LogP contribution in [0.5, 0.6) is 5.75 Å². The normalized spacial score (nSPS) is 15.7. The summed E-state index contributed by atoms with van der Waals surface area (Å²) in [5.74, 6) is 0.890. The lowest BCUT2D eigenvalue weighted by Crippen LogP contribution is -2.56. The maximum Gasteiger partial charge on any atom is 0.329 e. The van der Waals surface area contributed by atoms with Crippen molar-refractivity contribution in [3.05, 3.63) is 54.1 Å². The van der Waals surface area contributed by atoms with E-state index in [9.17, 15) is 14.7 Å². The van der Waals surface area contributed by atoms with Crippen LogP contribution >= 0.6 is 11.8 Å². The number of carbonyl (C=O) groups is 2. The number of thioether (sulfide) groups is 1. The Kier molecular flexibility index (Phi) is 6.06. The molecule has 2 aromatic rings. The maximum atomic E-state index is 12.8. The number of hydrogen-bond acceptors (Lipinski definition) is 4. The average molecular weight is 385 g/mol. The third-order valence-electron chi connectivity index (χ3n) is 4.73.